The molecule has 0 aromatic heterocycles. The van der Waals surface area contributed by atoms with E-state index < -0.39 is 0 Å². The normalized spacial score (nSPS) is 15.5. The van der Waals surface area contributed by atoms with E-state index >= 15 is 0 Å². The average Bonchev–Trinajstić information content (AvgIpc) is 2.94. The van der Waals surface area contributed by atoms with Gasteiger partial charge < -0.3 is 15.6 Å². The van der Waals surface area contributed by atoms with Gasteiger partial charge >= 0.3 is 0 Å². The van der Waals surface area contributed by atoms with Crippen LogP contribution in [0.25, 0.3) is 0 Å². The molecule has 2 rings (SSSR count). The Morgan fingerprint density at radius 2 is 2.21 bits per heavy atom. The van der Waals surface area contributed by atoms with Gasteiger partial charge in [-0.15, -0.1) is 0 Å². The molecular weight excluding hydrogens is 178 g/mol. The van der Waals surface area contributed by atoms with E-state index in [0.717, 1.165) is 18.1 Å². The number of anilines is 1. The number of rotatable bonds is 3. The second-order valence-corrected chi connectivity index (χ2v) is 3.93. The average molecular weight is 193 g/mol. The van der Waals surface area contributed by atoms with Crippen molar-refractivity contribution in [3.05, 3.63) is 17.7 Å². The van der Waals surface area contributed by atoms with Crippen molar-refractivity contribution >= 4 is 5.69 Å². The van der Waals surface area contributed by atoms with Crippen LogP contribution < -0.4 is 10.5 Å². The number of aromatic hydroxyl groups is 1. The third-order valence-corrected chi connectivity index (χ3v) is 2.52. The molecule has 1 aliphatic carbocycles. The van der Waals surface area contributed by atoms with Gasteiger partial charge in [0.1, 0.15) is 11.5 Å². The molecular formula is C11H15NO2. The van der Waals surface area contributed by atoms with Gasteiger partial charge in [0.25, 0.3) is 0 Å². The summed E-state index contributed by atoms with van der Waals surface area (Å²) in [6.07, 6.45) is 2.53. The van der Waals surface area contributed by atoms with Gasteiger partial charge in [0.05, 0.1) is 12.3 Å². The van der Waals surface area contributed by atoms with E-state index in [9.17, 15) is 5.11 Å². The largest absolute Gasteiger partial charge is 0.506 e. The predicted octanol–water partition coefficient (Wildman–Crippen LogP) is 2.07. The van der Waals surface area contributed by atoms with Gasteiger partial charge in [0.15, 0.2) is 0 Å². The van der Waals surface area contributed by atoms with Gasteiger partial charge in [-0.25, -0.2) is 0 Å². The van der Waals surface area contributed by atoms with Crippen molar-refractivity contribution in [1.82, 2.24) is 0 Å². The fourth-order valence-corrected chi connectivity index (χ4v) is 1.33. The molecule has 0 unspecified atom stereocenters. The van der Waals surface area contributed by atoms with Gasteiger partial charge in [0, 0.05) is 6.07 Å². The van der Waals surface area contributed by atoms with E-state index in [1.807, 2.05) is 13.0 Å². The van der Waals surface area contributed by atoms with Crippen molar-refractivity contribution in [1.29, 1.82) is 0 Å². The minimum atomic E-state index is 0.107. The number of benzene rings is 1. The first-order valence-electron chi connectivity index (χ1n) is 4.88. The van der Waals surface area contributed by atoms with Crippen molar-refractivity contribution in [3.63, 3.8) is 0 Å². The van der Waals surface area contributed by atoms with Crippen LogP contribution in [0, 0.1) is 12.8 Å². The fraction of sp³-hybridized carbons (Fsp3) is 0.455. The van der Waals surface area contributed by atoms with Gasteiger partial charge in [0.2, 0.25) is 0 Å². The second kappa shape index (κ2) is 3.40. The van der Waals surface area contributed by atoms with Crippen molar-refractivity contribution in [2.24, 2.45) is 5.92 Å². The minimum absolute atomic E-state index is 0.107. The molecule has 0 saturated heterocycles. The quantitative estimate of drug-likeness (QED) is 0.570. The number of nitrogen functional groups attached to an aromatic ring is 1. The SMILES string of the molecule is Cc1cc(OCC2CC2)cc(O)c1N. The number of phenolic OH excluding ortho intramolecular Hbond substituents is 1. The van der Waals surface area contributed by atoms with Crippen LogP contribution in [0.15, 0.2) is 12.1 Å². The van der Waals surface area contributed by atoms with Gasteiger partial charge in [-0.2, -0.15) is 0 Å². The van der Waals surface area contributed by atoms with E-state index in [-0.39, 0.29) is 5.75 Å². The Morgan fingerprint density at radius 3 is 2.79 bits per heavy atom. The Morgan fingerprint density at radius 1 is 1.50 bits per heavy atom. The molecule has 1 saturated carbocycles. The molecule has 0 atom stereocenters. The number of aryl methyl sites for hydroxylation is 1. The summed E-state index contributed by atoms with van der Waals surface area (Å²) >= 11 is 0. The summed E-state index contributed by atoms with van der Waals surface area (Å²) in [4.78, 5) is 0. The first-order valence-corrected chi connectivity index (χ1v) is 4.88. The lowest BCUT2D eigenvalue weighted by Crippen LogP contribution is -2.00. The highest BCUT2D eigenvalue weighted by Gasteiger charge is 2.22. The third-order valence-electron chi connectivity index (χ3n) is 2.52. The maximum atomic E-state index is 9.46. The smallest absolute Gasteiger partial charge is 0.142 e. The first kappa shape index (κ1) is 9.19. The van der Waals surface area contributed by atoms with Crippen LogP contribution in [0.4, 0.5) is 5.69 Å². The Hall–Kier alpha value is -1.38. The number of hydrogen-bond donors (Lipinski definition) is 2. The number of nitrogens with two attached hydrogens (primary N) is 1. The molecule has 3 heteroatoms. The lowest BCUT2D eigenvalue weighted by molar-refractivity contribution is 0.298. The molecule has 1 aliphatic rings. The van der Waals surface area contributed by atoms with Crippen molar-refractivity contribution in [2.45, 2.75) is 19.8 Å². The molecule has 1 aromatic rings. The Labute approximate surface area is 83.5 Å². The predicted molar refractivity (Wildman–Crippen MR) is 55.5 cm³/mol. The highest BCUT2D eigenvalue weighted by atomic mass is 16.5. The molecule has 76 valence electrons. The van der Waals surface area contributed by atoms with Crippen LogP contribution in [0.3, 0.4) is 0 Å². The maximum Gasteiger partial charge on any atom is 0.142 e. The zero-order valence-electron chi connectivity index (χ0n) is 8.29. The highest BCUT2D eigenvalue weighted by Crippen LogP contribution is 2.32. The Kier molecular flexibility index (Phi) is 2.23. The molecule has 0 bridgehead atoms. The molecule has 3 N–H and O–H groups in total. The molecule has 0 aliphatic heterocycles. The summed E-state index contributed by atoms with van der Waals surface area (Å²) in [5.74, 6) is 1.53. The van der Waals surface area contributed by atoms with Crippen LogP contribution in [-0.2, 0) is 0 Å². The maximum absolute atomic E-state index is 9.46. The summed E-state index contributed by atoms with van der Waals surface area (Å²) in [5.41, 5.74) is 6.90. The molecule has 1 aromatic carbocycles. The zero-order chi connectivity index (χ0) is 10.1. The number of hydrogen-bond acceptors (Lipinski definition) is 3. The van der Waals surface area contributed by atoms with Gasteiger partial charge in [-0.3, -0.25) is 0 Å². The Bertz CT molecular complexity index is 322. The third kappa shape index (κ3) is 1.92. The first-order chi connectivity index (χ1) is 6.66. The zero-order valence-corrected chi connectivity index (χ0v) is 8.29. The lowest BCUT2D eigenvalue weighted by Gasteiger charge is -2.09. The topological polar surface area (TPSA) is 55.5 Å². The molecule has 0 spiro atoms. The highest BCUT2D eigenvalue weighted by molar-refractivity contribution is 5.60. The lowest BCUT2D eigenvalue weighted by atomic mass is 10.2. The molecule has 3 nitrogen and oxygen atoms in total. The van der Waals surface area contributed by atoms with Crippen LogP contribution in [0.5, 0.6) is 11.5 Å². The fourth-order valence-electron chi connectivity index (χ4n) is 1.33. The van der Waals surface area contributed by atoms with Crippen LogP contribution in [0.1, 0.15) is 18.4 Å². The Balaban J connectivity index is 2.08. The summed E-state index contributed by atoms with van der Waals surface area (Å²) in [6.45, 7) is 2.61. The summed E-state index contributed by atoms with van der Waals surface area (Å²) < 4.78 is 5.53. The summed E-state index contributed by atoms with van der Waals surface area (Å²) in [6, 6.07) is 3.43. The van der Waals surface area contributed by atoms with Gasteiger partial charge in [-0.05, 0) is 37.3 Å². The van der Waals surface area contributed by atoms with E-state index in [0.29, 0.717) is 11.4 Å². The van der Waals surface area contributed by atoms with Crippen LogP contribution >= 0.6 is 0 Å². The molecule has 0 amide bonds. The minimum Gasteiger partial charge on any atom is -0.506 e. The van der Waals surface area contributed by atoms with Crippen molar-refractivity contribution in [2.75, 3.05) is 12.3 Å². The molecule has 0 heterocycles. The molecule has 1 fully saturated rings. The monoisotopic (exact) mass is 193 g/mol. The number of phenols is 1. The second-order valence-electron chi connectivity index (χ2n) is 3.93. The van der Waals surface area contributed by atoms with Gasteiger partial charge in [-0.1, -0.05) is 0 Å². The van der Waals surface area contributed by atoms with E-state index in [1.165, 1.54) is 12.8 Å². The van der Waals surface area contributed by atoms with Crippen molar-refractivity contribution in [3.8, 4) is 11.5 Å². The standard InChI is InChI=1S/C11H15NO2/c1-7-4-9(5-10(13)11(7)12)14-6-8-2-3-8/h4-5,8,13H,2-3,6,12H2,1H3. The molecule has 14 heavy (non-hydrogen) atoms. The number of ether oxygens (including phenoxy) is 1. The molecule has 0 radical (unpaired) electrons. The summed E-state index contributed by atoms with van der Waals surface area (Å²) in [5, 5.41) is 9.46. The summed E-state index contributed by atoms with van der Waals surface area (Å²) in [7, 11) is 0. The van der Waals surface area contributed by atoms with E-state index in [1.54, 1.807) is 6.07 Å². The van der Waals surface area contributed by atoms with Crippen LogP contribution in [-0.4, -0.2) is 11.7 Å². The van der Waals surface area contributed by atoms with E-state index in [2.05, 4.69) is 0 Å². The van der Waals surface area contributed by atoms with Crippen LogP contribution in [0.2, 0.25) is 0 Å². The van der Waals surface area contributed by atoms with E-state index in [4.69, 9.17) is 10.5 Å². The van der Waals surface area contributed by atoms with Crippen molar-refractivity contribution < 1.29 is 9.84 Å².